The fourth-order valence-electron chi connectivity index (χ4n) is 4.66. The highest BCUT2D eigenvalue weighted by molar-refractivity contribution is 8.18. The van der Waals surface area contributed by atoms with E-state index in [1.165, 1.54) is 21.7 Å². The van der Waals surface area contributed by atoms with Crippen molar-refractivity contribution in [1.82, 2.24) is 19.6 Å². The molecule has 2 aliphatic heterocycles. The van der Waals surface area contributed by atoms with Crippen LogP contribution in [-0.2, 0) is 17.5 Å². The molecule has 2 fully saturated rings. The van der Waals surface area contributed by atoms with Crippen LogP contribution in [0, 0.1) is 0 Å². The zero-order chi connectivity index (χ0) is 25.6. The summed E-state index contributed by atoms with van der Waals surface area (Å²) in [6.45, 7) is 1.26. The number of imide groups is 1. The van der Waals surface area contributed by atoms with E-state index in [2.05, 4.69) is 10.00 Å². The van der Waals surface area contributed by atoms with Gasteiger partial charge in [-0.25, -0.2) is 0 Å². The predicted octanol–water partition coefficient (Wildman–Crippen LogP) is 5.89. The molecule has 1 aromatic heterocycles. The van der Waals surface area contributed by atoms with Gasteiger partial charge in [-0.1, -0.05) is 23.7 Å². The van der Waals surface area contributed by atoms with Gasteiger partial charge in [-0.3, -0.25) is 19.2 Å². The minimum Gasteiger partial charge on any atom is -0.302 e. The number of hydrogen-bond acceptors (Lipinski definition) is 5. The Balaban J connectivity index is 1.37. The van der Waals surface area contributed by atoms with Crippen LogP contribution in [0.4, 0.5) is 18.0 Å². The van der Waals surface area contributed by atoms with Crippen molar-refractivity contribution in [2.45, 2.75) is 31.6 Å². The van der Waals surface area contributed by atoms with E-state index in [0.717, 1.165) is 37.2 Å². The number of likely N-dealkylation sites (N-methyl/N-ethyl adjacent to an activating group) is 1. The standard InChI is InChI=1S/C25H22ClF3N4O2S/c1-31-8-2-3-19(31)14-32-23(34)22(36-24(32)35)10-15-4-7-21-17(9-15)12-30-33(21)13-16-5-6-18(26)11-20(16)25(27,28)29/h4-7,9-12,19H,2-3,8,13-14H2,1H3/b22-10-/t19-/m0/s1. The third-order valence-electron chi connectivity index (χ3n) is 6.60. The van der Waals surface area contributed by atoms with Crippen LogP contribution in [-0.4, -0.2) is 56.9 Å². The number of alkyl halides is 3. The lowest BCUT2D eigenvalue weighted by molar-refractivity contribution is -0.138. The molecule has 0 radical (unpaired) electrons. The van der Waals surface area contributed by atoms with Crippen molar-refractivity contribution < 1.29 is 22.8 Å². The SMILES string of the molecule is CN1CCC[C@H]1CN1C(=O)S/C(=C\c2ccc3c(cnn3Cc3ccc(Cl)cc3C(F)(F)F)c2)C1=O. The lowest BCUT2D eigenvalue weighted by Crippen LogP contribution is -2.40. The molecule has 0 bridgehead atoms. The van der Waals surface area contributed by atoms with Gasteiger partial charge in [0.25, 0.3) is 11.1 Å². The first-order chi connectivity index (χ1) is 17.1. The summed E-state index contributed by atoms with van der Waals surface area (Å²) in [6.07, 6.45) is 0.708. The van der Waals surface area contributed by atoms with Crippen molar-refractivity contribution >= 4 is 51.5 Å². The number of carbonyl (C=O) groups is 2. The lowest BCUT2D eigenvalue weighted by atomic mass is 10.1. The molecule has 5 rings (SSSR count). The lowest BCUT2D eigenvalue weighted by Gasteiger charge is -2.23. The maximum atomic E-state index is 13.5. The third-order valence-corrected chi connectivity index (χ3v) is 7.74. The van der Waals surface area contributed by atoms with E-state index in [9.17, 15) is 22.8 Å². The van der Waals surface area contributed by atoms with Gasteiger partial charge in [0.1, 0.15) is 0 Å². The van der Waals surface area contributed by atoms with Crippen LogP contribution in [0.1, 0.15) is 29.5 Å². The molecule has 0 unspecified atom stereocenters. The van der Waals surface area contributed by atoms with Crippen molar-refractivity contribution in [3.05, 3.63) is 69.2 Å². The zero-order valence-electron chi connectivity index (χ0n) is 19.3. The molecule has 0 aliphatic carbocycles. The molecular weight excluding hydrogens is 513 g/mol. The molecule has 36 heavy (non-hydrogen) atoms. The van der Waals surface area contributed by atoms with Crippen LogP contribution in [0.15, 0.2) is 47.5 Å². The molecular formula is C25H22ClF3N4O2S. The first kappa shape index (κ1) is 24.9. The molecule has 2 amide bonds. The average molecular weight is 535 g/mol. The number of thioether (sulfide) groups is 1. The Morgan fingerprint density at radius 3 is 2.72 bits per heavy atom. The molecule has 11 heteroatoms. The molecule has 0 saturated carbocycles. The quantitative estimate of drug-likeness (QED) is 0.382. The van der Waals surface area contributed by atoms with Crippen molar-refractivity contribution in [1.29, 1.82) is 0 Å². The smallest absolute Gasteiger partial charge is 0.302 e. The summed E-state index contributed by atoms with van der Waals surface area (Å²) >= 11 is 6.70. The fraction of sp³-hybridized carbons (Fsp3) is 0.320. The van der Waals surface area contributed by atoms with Crippen molar-refractivity contribution in [2.24, 2.45) is 0 Å². The third kappa shape index (κ3) is 4.89. The number of aromatic nitrogens is 2. The molecule has 0 N–H and O–H groups in total. The zero-order valence-corrected chi connectivity index (χ0v) is 20.8. The normalized spacial score (nSPS) is 20.4. The second-order valence-electron chi connectivity index (χ2n) is 8.99. The fourth-order valence-corrected chi connectivity index (χ4v) is 5.68. The summed E-state index contributed by atoms with van der Waals surface area (Å²) in [5.74, 6) is -0.302. The van der Waals surface area contributed by atoms with E-state index in [1.54, 1.807) is 30.5 Å². The number of carbonyl (C=O) groups excluding carboxylic acids is 2. The average Bonchev–Trinajstić information content (AvgIpc) is 3.48. The van der Waals surface area contributed by atoms with Crippen LogP contribution >= 0.6 is 23.4 Å². The number of likely N-dealkylation sites (tertiary alicyclic amines) is 1. The Bertz CT molecular complexity index is 1390. The molecule has 2 saturated heterocycles. The number of rotatable bonds is 5. The molecule has 188 valence electrons. The number of nitrogens with zero attached hydrogens (tertiary/aromatic N) is 4. The minimum atomic E-state index is -4.54. The van der Waals surface area contributed by atoms with Crippen LogP contribution in [0.5, 0.6) is 0 Å². The van der Waals surface area contributed by atoms with Gasteiger partial charge < -0.3 is 4.90 Å². The number of benzene rings is 2. The van der Waals surface area contributed by atoms with Crippen molar-refractivity contribution in [3.63, 3.8) is 0 Å². The highest BCUT2D eigenvalue weighted by atomic mass is 35.5. The number of halogens is 4. The van der Waals surface area contributed by atoms with Crippen LogP contribution in [0.25, 0.3) is 17.0 Å². The highest BCUT2D eigenvalue weighted by Crippen LogP contribution is 2.35. The molecule has 3 heterocycles. The number of hydrogen-bond donors (Lipinski definition) is 0. The first-order valence-electron chi connectivity index (χ1n) is 11.4. The van der Waals surface area contributed by atoms with Gasteiger partial charge in [0.15, 0.2) is 0 Å². The highest BCUT2D eigenvalue weighted by Gasteiger charge is 2.38. The van der Waals surface area contributed by atoms with Crippen LogP contribution < -0.4 is 0 Å². The maximum absolute atomic E-state index is 13.5. The molecule has 6 nitrogen and oxygen atoms in total. The van der Waals surface area contributed by atoms with Gasteiger partial charge in [0.2, 0.25) is 0 Å². The van der Waals surface area contributed by atoms with Crippen molar-refractivity contribution in [2.75, 3.05) is 20.1 Å². The Morgan fingerprint density at radius 1 is 1.19 bits per heavy atom. The van der Waals surface area contributed by atoms with Crippen LogP contribution in [0.2, 0.25) is 5.02 Å². The Hall–Kier alpha value is -2.82. The largest absolute Gasteiger partial charge is 0.416 e. The van der Waals surface area contributed by atoms with E-state index < -0.39 is 11.7 Å². The van der Waals surface area contributed by atoms with Gasteiger partial charge in [-0.15, -0.1) is 0 Å². The maximum Gasteiger partial charge on any atom is 0.416 e. The first-order valence-corrected chi connectivity index (χ1v) is 12.6. The summed E-state index contributed by atoms with van der Waals surface area (Å²) < 4.78 is 41.9. The van der Waals surface area contributed by atoms with Gasteiger partial charge in [-0.05, 0) is 79.7 Å². The number of amides is 2. The monoisotopic (exact) mass is 534 g/mol. The second-order valence-corrected chi connectivity index (χ2v) is 10.4. The van der Waals surface area contributed by atoms with Gasteiger partial charge in [0.05, 0.1) is 28.7 Å². The Morgan fingerprint density at radius 2 is 2.00 bits per heavy atom. The van der Waals surface area contributed by atoms with Crippen LogP contribution in [0.3, 0.4) is 0 Å². The molecule has 0 spiro atoms. The predicted molar refractivity (Wildman–Crippen MR) is 134 cm³/mol. The summed E-state index contributed by atoms with van der Waals surface area (Å²) in [4.78, 5) is 29.2. The van der Waals surface area contributed by atoms with E-state index in [1.807, 2.05) is 7.05 Å². The summed E-state index contributed by atoms with van der Waals surface area (Å²) in [7, 11) is 2.00. The van der Waals surface area contributed by atoms with E-state index in [4.69, 9.17) is 11.6 Å². The molecule has 1 atom stereocenters. The summed E-state index contributed by atoms with van der Waals surface area (Å²) in [6, 6.07) is 9.17. The van der Waals surface area contributed by atoms with Gasteiger partial charge in [0, 0.05) is 23.0 Å². The minimum absolute atomic E-state index is 0.0146. The van der Waals surface area contributed by atoms with E-state index in [0.29, 0.717) is 27.9 Å². The molecule has 3 aromatic rings. The summed E-state index contributed by atoms with van der Waals surface area (Å²) in [5.41, 5.74) is 0.609. The Labute approximate surface area is 214 Å². The second kappa shape index (κ2) is 9.57. The van der Waals surface area contributed by atoms with E-state index >= 15 is 0 Å². The molecule has 2 aromatic carbocycles. The van der Waals surface area contributed by atoms with Gasteiger partial charge >= 0.3 is 6.18 Å². The molecule has 2 aliphatic rings. The van der Waals surface area contributed by atoms with Crippen molar-refractivity contribution in [3.8, 4) is 0 Å². The summed E-state index contributed by atoms with van der Waals surface area (Å²) in [5, 5.41) is 4.72. The van der Waals surface area contributed by atoms with Gasteiger partial charge in [-0.2, -0.15) is 18.3 Å². The number of fused-ring (bicyclic) bond motifs is 1. The van der Waals surface area contributed by atoms with E-state index in [-0.39, 0.29) is 34.3 Å². The topological polar surface area (TPSA) is 58.4 Å². The Kier molecular flexibility index (Phi) is 6.61.